The van der Waals surface area contributed by atoms with Crippen molar-refractivity contribution in [1.82, 2.24) is 0 Å². The molecule has 0 N–H and O–H groups in total. The summed E-state index contributed by atoms with van der Waals surface area (Å²) in [5, 5.41) is 9.44. The number of para-hydroxylation sites is 1. The van der Waals surface area contributed by atoms with Gasteiger partial charge in [0.15, 0.2) is 0 Å². The van der Waals surface area contributed by atoms with Crippen molar-refractivity contribution in [1.29, 1.82) is 5.26 Å². The maximum Gasteiger partial charge on any atom is 0.343 e. The maximum absolute atomic E-state index is 12.6. The first-order valence-electron chi connectivity index (χ1n) is 8.37. The average molecular weight is 432 g/mol. The minimum Gasteiger partial charge on any atom is -0.422 e. The lowest BCUT2D eigenvalue weighted by molar-refractivity contribution is 0.0734. The number of nitriles is 1. The van der Waals surface area contributed by atoms with E-state index in [9.17, 15) is 14.9 Å². The second-order valence-corrected chi connectivity index (χ2v) is 6.71. The molecule has 28 heavy (non-hydrogen) atoms. The first-order chi connectivity index (χ1) is 13.6. The molecule has 0 amide bonds. The van der Waals surface area contributed by atoms with Gasteiger partial charge in [-0.15, -0.1) is 0 Å². The van der Waals surface area contributed by atoms with Crippen LogP contribution in [-0.2, 0) is 0 Å². The van der Waals surface area contributed by atoms with Gasteiger partial charge >= 0.3 is 5.97 Å². The molecule has 5 heteroatoms. The van der Waals surface area contributed by atoms with E-state index in [4.69, 9.17) is 4.74 Å². The Balaban J connectivity index is 1.90. The molecule has 0 aliphatic heterocycles. The molecule has 3 aromatic rings. The lowest BCUT2D eigenvalue weighted by Gasteiger charge is -2.08. The molecule has 0 heterocycles. The van der Waals surface area contributed by atoms with Gasteiger partial charge < -0.3 is 4.74 Å². The molecule has 0 spiro atoms. The van der Waals surface area contributed by atoms with Crippen molar-refractivity contribution in [3.63, 3.8) is 0 Å². The van der Waals surface area contributed by atoms with E-state index in [1.54, 1.807) is 78.9 Å². The van der Waals surface area contributed by atoms with Crippen molar-refractivity contribution in [3.05, 3.63) is 106 Å². The number of Topliss-reactive ketones (excluding diaryl/α,β-unsaturated/α-hetero) is 1. The lowest BCUT2D eigenvalue weighted by atomic mass is 10.0. The van der Waals surface area contributed by atoms with Crippen LogP contribution in [0.4, 0.5) is 0 Å². The molecule has 4 nitrogen and oxygen atoms in total. The number of rotatable bonds is 5. The summed E-state index contributed by atoms with van der Waals surface area (Å²) in [6, 6.07) is 24.0. The highest BCUT2D eigenvalue weighted by molar-refractivity contribution is 9.10. The first-order valence-corrected chi connectivity index (χ1v) is 9.16. The zero-order chi connectivity index (χ0) is 19.9. The van der Waals surface area contributed by atoms with Crippen LogP contribution in [0.5, 0.6) is 5.75 Å². The van der Waals surface area contributed by atoms with Gasteiger partial charge in [-0.1, -0.05) is 64.5 Å². The number of ether oxygens (including phenoxy) is 1. The van der Waals surface area contributed by atoms with E-state index in [2.05, 4.69) is 15.9 Å². The van der Waals surface area contributed by atoms with Crippen LogP contribution in [0.3, 0.4) is 0 Å². The summed E-state index contributed by atoms with van der Waals surface area (Å²) in [4.78, 5) is 25.0. The monoisotopic (exact) mass is 431 g/mol. The molecule has 0 bridgehead atoms. The molecule has 3 rings (SSSR count). The van der Waals surface area contributed by atoms with Gasteiger partial charge in [0.2, 0.25) is 5.78 Å². The Morgan fingerprint density at radius 3 is 2.18 bits per heavy atom. The zero-order valence-corrected chi connectivity index (χ0v) is 16.2. The van der Waals surface area contributed by atoms with E-state index >= 15 is 0 Å². The largest absolute Gasteiger partial charge is 0.422 e. The smallest absolute Gasteiger partial charge is 0.343 e. The average Bonchev–Trinajstić information content (AvgIpc) is 2.73. The van der Waals surface area contributed by atoms with Crippen molar-refractivity contribution < 1.29 is 14.3 Å². The van der Waals surface area contributed by atoms with Gasteiger partial charge in [-0.25, -0.2) is 4.79 Å². The van der Waals surface area contributed by atoms with Crippen LogP contribution in [0.1, 0.15) is 26.3 Å². The summed E-state index contributed by atoms with van der Waals surface area (Å²) in [5.41, 5.74) is 1.23. The summed E-state index contributed by atoms with van der Waals surface area (Å²) in [6.45, 7) is 0. The van der Waals surface area contributed by atoms with Crippen molar-refractivity contribution in [2.45, 2.75) is 0 Å². The first kappa shape index (κ1) is 19.3. The third-order valence-corrected chi connectivity index (χ3v) is 4.43. The minimum absolute atomic E-state index is 0.0432. The fraction of sp³-hybridized carbons (Fsp3) is 0. The predicted octanol–water partition coefficient (Wildman–Crippen LogP) is 5.46. The van der Waals surface area contributed by atoms with E-state index in [1.807, 2.05) is 6.07 Å². The Morgan fingerprint density at radius 2 is 1.50 bits per heavy atom. The van der Waals surface area contributed by atoms with Crippen LogP contribution < -0.4 is 4.74 Å². The fourth-order valence-electron chi connectivity index (χ4n) is 2.49. The Morgan fingerprint density at radius 1 is 0.857 bits per heavy atom. The van der Waals surface area contributed by atoms with Gasteiger partial charge in [0.05, 0.1) is 5.56 Å². The number of nitrogens with zero attached hydrogens (tertiary/aromatic N) is 1. The van der Waals surface area contributed by atoms with Crippen LogP contribution in [-0.4, -0.2) is 11.8 Å². The highest BCUT2D eigenvalue weighted by Crippen LogP contribution is 2.23. The Hall–Kier alpha value is -3.49. The van der Waals surface area contributed by atoms with Gasteiger partial charge in [0, 0.05) is 15.6 Å². The van der Waals surface area contributed by atoms with Gasteiger partial charge in [0.25, 0.3) is 0 Å². The van der Waals surface area contributed by atoms with Crippen molar-refractivity contribution in [3.8, 4) is 11.8 Å². The van der Waals surface area contributed by atoms with E-state index in [0.29, 0.717) is 16.7 Å². The number of allylic oxidation sites excluding steroid dienone is 1. The van der Waals surface area contributed by atoms with Crippen LogP contribution in [0.2, 0.25) is 0 Å². The minimum atomic E-state index is -0.527. The number of benzene rings is 3. The number of esters is 1. The highest BCUT2D eigenvalue weighted by Gasteiger charge is 2.15. The van der Waals surface area contributed by atoms with E-state index < -0.39 is 11.8 Å². The highest BCUT2D eigenvalue weighted by atomic mass is 79.9. The van der Waals surface area contributed by atoms with Gasteiger partial charge in [-0.3, -0.25) is 4.79 Å². The molecular formula is C23H14BrNO3. The second-order valence-electron chi connectivity index (χ2n) is 5.80. The van der Waals surface area contributed by atoms with E-state index in [-0.39, 0.29) is 11.3 Å². The quantitative estimate of drug-likeness (QED) is 0.177. The van der Waals surface area contributed by atoms with Crippen molar-refractivity contribution in [2.75, 3.05) is 0 Å². The topological polar surface area (TPSA) is 67.2 Å². The summed E-state index contributed by atoms with van der Waals surface area (Å²) in [5.74, 6) is -0.651. The lowest BCUT2D eigenvalue weighted by Crippen LogP contribution is -2.09. The SMILES string of the molecule is N#CC(=Cc1ccccc1OC(=O)c1ccc(Br)cc1)C(=O)c1ccccc1. The molecule has 136 valence electrons. The number of hydrogen-bond acceptors (Lipinski definition) is 4. The molecular weight excluding hydrogens is 418 g/mol. The van der Waals surface area contributed by atoms with Crippen LogP contribution >= 0.6 is 15.9 Å². The number of halogens is 1. The molecule has 0 aliphatic carbocycles. The Kier molecular flexibility index (Phi) is 6.15. The summed E-state index contributed by atoms with van der Waals surface area (Å²) < 4.78 is 6.34. The number of ketones is 1. The Bertz CT molecular complexity index is 1080. The van der Waals surface area contributed by atoms with E-state index in [0.717, 1.165) is 4.47 Å². The molecule has 0 aliphatic rings. The molecule has 3 aromatic carbocycles. The summed E-state index contributed by atoms with van der Waals surface area (Å²) >= 11 is 3.32. The summed E-state index contributed by atoms with van der Waals surface area (Å²) in [6.07, 6.45) is 1.43. The normalized spacial score (nSPS) is 10.8. The van der Waals surface area contributed by atoms with Crippen molar-refractivity contribution in [2.24, 2.45) is 0 Å². The maximum atomic E-state index is 12.6. The number of carbonyl (C=O) groups is 2. The van der Waals surface area contributed by atoms with Crippen LogP contribution in [0.25, 0.3) is 6.08 Å². The number of hydrogen-bond donors (Lipinski definition) is 0. The van der Waals surface area contributed by atoms with Crippen molar-refractivity contribution >= 4 is 33.8 Å². The van der Waals surface area contributed by atoms with Gasteiger partial charge in [-0.05, 0) is 36.4 Å². The number of carbonyl (C=O) groups excluding carboxylic acids is 2. The molecule has 0 aromatic heterocycles. The summed E-state index contributed by atoms with van der Waals surface area (Å²) in [7, 11) is 0. The second kappa shape index (κ2) is 8.94. The molecule has 0 radical (unpaired) electrons. The molecule has 0 unspecified atom stereocenters. The van der Waals surface area contributed by atoms with E-state index in [1.165, 1.54) is 6.08 Å². The standard InChI is InChI=1S/C23H14BrNO3/c24-20-12-10-17(11-13-20)23(27)28-21-9-5-4-8-18(21)14-19(15-25)22(26)16-6-2-1-3-7-16/h1-14H. The molecule has 0 saturated carbocycles. The predicted molar refractivity (Wildman–Crippen MR) is 110 cm³/mol. The Labute approximate surface area is 170 Å². The third-order valence-electron chi connectivity index (χ3n) is 3.90. The van der Waals surface area contributed by atoms with Gasteiger partial charge in [-0.2, -0.15) is 5.26 Å². The fourth-order valence-corrected chi connectivity index (χ4v) is 2.75. The van der Waals surface area contributed by atoms with Gasteiger partial charge in [0.1, 0.15) is 17.4 Å². The van der Waals surface area contributed by atoms with Crippen LogP contribution in [0, 0.1) is 11.3 Å². The molecule has 0 saturated heterocycles. The molecule has 0 fully saturated rings. The van der Waals surface area contributed by atoms with Crippen LogP contribution in [0.15, 0.2) is 88.9 Å². The zero-order valence-electron chi connectivity index (χ0n) is 14.6. The third kappa shape index (κ3) is 4.61. The molecule has 0 atom stereocenters.